The van der Waals surface area contributed by atoms with Gasteiger partial charge >= 0.3 is 0 Å². The van der Waals surface area contributed by atoms with E-state index in [1.165, 1.54) is 37.7 Å². The molecule has 0 N–H and O–H groups in total. The zero-order valence-corrected chi connectivity index (χ0v) is 21.5. The lowest BCUT2D eigenvalue weighted by atomic mass is 9.91. The number of hydrogen-bond donors (Lipinski definition) is 0. The molecule has 2 aliphatic rings. The predicted molar refractivity (Wildman–Crippen MR) is 139 cm³/mol. The molecule has 0 unspecified atom stereocenters. The highest BCUT2D eigenvalue weighted by molar-refractivity contribution is 5.84. The molecule has 1 saturated carbocycles. The lowest BCUT2D eigenvalue weighted by molar-refractivity contribution is 0.172. The predicted octanol–water partition coefficient (Wildman–Crippen LogP) is 5.53. The first kappa shape index (κ1) is 24.1. The van der Waals surface area contributed by atoms with Crippen LogP contribution in [0.25, 0.3) is 11.0 Å². The molecular formula is C29H39N3O3. The summed E-state index contributed by atoms with van der Waals surface area (Å²) < 4.78 is 17.4. The minimum atomic E-state index is 0.728. The van der Waals surface area contributed by atoms with E-state index in [1.54, 1.807) is 7.11 Å². The number of aryl methyl sites for hydroxylation is 1. The molecule has 0 spiro atoms. The van der Waals surface area contributed by atoms with Crippen LogP contribution in [-0.4, -0.2) is 55.9 Å². The van der Waals surface area contributed by atoms with Crippen LogP contribution in [0.3, 0.4) is 0 Å². The van der Waals surface area contributed by atoms with Gasteiger partial charge in [-0.05, 0) is 107 Å². The Morgan fingerprint density at radius 2 is 1.77 bits per heavy atom. The SMILES string of the molecule is COc1ccc(CN2CCC(CCc3noc4c(CN(C)C)c(OCC5CC5)ccc34)CC2)cc1. The number of ether oxygens (including phenoxy) is 2. The quantitative estimate of drug-likeness (QED) is 0.362. The molecule has 1 saturated heterocycles. The number of methoxy groups -OCH3 is 1. The van der Waals surface area contributed by atoms with E-state index in [-0.39, 0.29) is 0 Å². The van der Waals surface area contributed by atoms with Gasteiger partial charge in [0.15, 0.2) is 5.58 Å². The van der Waals surface area contributed by atoms with Gasteiger partial charge in [0.1, 0.15) is 11.5 Å². The molecule has 3 aromatic rings. The van der Waals surface area contributed by atoms with E-state index in [9.17, 15) is 0 Å². The van der Waals surface area contributed by atoms with Crippen molar-refractivity contribution in [3.05, 3.63) is 53.2 Å². The maximum absolute atomic E-state index is 6.17. The standard InChI is InChI=1S/C29H39N3O3/c1-31(2)19-26-28(34-20-23-4-5-23)13-11-25-27(30-35-29(25)26)12-8-21-14-16-32(17-15-21)18-22-6-9-24(33-3)10-7-22/h6-7,9-11,13,21,23H,4-5,8,12,14-20H2,1-3H3. The molecule has 0 amide bonds. The first-order valence-electron chi connectivity index (χ1n) is 13.1. The summed E-state index contributed by atoms with van der Waals surface area (Å²) in [5, 5.41) is 5.66. The van der Waals surface area contributed by atoms with E-state index < -0.39 is 0 Å². The zero-order chi connectivity index (χ0) is 24.2. The van der Waals surface area contributed by atoms with Crippen LogP contribution in [0.4, 0.5) is 0 Å². The summed E-state index contributed by atoms with van der Waals surface area (Å²) in [7, 11) is 5.88. The normalized spacial score (nSPS) is 17.4. The van der Waals surface area contributed by atoms with Crippen molar-refractivity contribution in [2.75, 3.05) is 40.9 Å². The molecule has 188 valence electrons. The Balaban J connectivity index is 1.17. The monoisotopic (exact) mass is 477 g/mol. The maximum Gasteiger partial charge on any atom is 0.175 e. The van der Waals surface area contributed by atoms with Crippen LogP contribution in [0.15, 0.2) is 40.9 Å². The Hall–Kier alpha value is -2.57. The van der Waals surface area contributed by atoms with E-state index in [0.29, 0.717) is 0 Å². The van der Waals surface area contributed by atoms with Gasteiger partial charge in [-0.1, -0.05) is 17.3 Å². The molecule has 1 aliphatic heterocycles. The van der Waals surface area contributed by atoms with Gasteiger partial charge < -0.3 is 18.9 Å². The Morgan fingerprint density at radius 3 is 2.46 bits per heavy atom. The van der Waals surface area contributed by atoms with Crippen LogP contribution in [0.5, 0.6) is 11.5 Å². The van der Waals surface area contributed by atoms with E-state index in [4.69, 9.17) is 14.0 Å². The van der Waals surface area contributed by atoms with Crippen molar-refractivity contribution in [1.29, 1.82) is 0 Å². The summed E-state index contributed by atoms with van der Waals surface area (Å²) in [4.78, 5) is 4.74. The van der Waals surface area contributed by atoms with E-state index in [2.05, 4.69) is 65.5 Å². The molecule has 35 heavy (non-hydrogen) atoms. The summed E-state index contributed by atoms with van der Waals surface area (Å²) in [5.41, 5.74) is 4.47. The van der Waals surface area contributed by atoms with Gasteiger partial charge in [0, 0.05) is 18.5 Å². The number of rotatable bonds is 11. The average Bonchev–Trinajstić information content (AvgIpc) is 3.61. The van der Waals surface area contributed by atoms with Crippen LogP contribution in [0, 0.1) is 11.8 Å². The van der Waals surface area contributed by atoms with Gasteiger partial charge in [0.2, 0.25) is 0 Å². The van der Waals surface area contributed by atoms with Gasteiger partial charge in [-0.3, -0.25) is 4.90 Å². The Labute approximate surface area is 209 Å². The topological polar surface area (TPSA) is 51.0 Å². The molecule has 6 heteroatoms. The molecule has 0 bridgehead atoms. The summed E-state index contributed by atoms with van der Waals surface area (Å²) in [5.74, 6) is 3.34. The van der Waals surface area contributed by atoms with Crippen molar-refractivity contribution in [3.63, 3.8) is 0 Å². The van der Waals surface area contributed by atoms with Crippen molar-refractivity contribution in [3.8, 4) is 11.5 Å². The summed E-state index contributed by atoms with van der Waals surface area (Å²) >= 11 is 0. The van der Waals surface area contributed by atoms with Crippen molar-refractivity contribution < 1.29 is 14.0 Å². The number of benzene rings is 2. The molecule has 5 rings (SSSR count). The highest BCUT2D eigenvalue weighted by Gasteiger charge is 2.24. The van der Waals surface area contributed by atoms with Crippen molar-refractivity contribution in [2.45, 2.75) is 51.6 Å². The molecule has 0 radical (unpaired) electrons. The number of aromatic nitrogens is 1. The third-order valence-electron chi connectivity index (χ3n) is 7.48. The number of nitrogens with zero attached hydrogens (tertiary/aromatic N) is 3. The van der Waals surface area contributed by atoms with Crippen LogP contribution in [-0.2, 0) is 19.5 Å². The fraction of sp³-hybridized carbons (Fsp3) is 0.552. The molecule has 2 fully saturated rings. The highest BCUT2D eigenvalue weighted by Crippen LogP contribution is 2.35. The second kappa shape index (κ2) is 11.0. The maximum atomic E-state index is 6.17. The molecule has 1 aromatic heterocycles. The van der Waals surface area contributed by atoms with Crippen LogP contribution < -0.4 is 9.47 Å². The minimum absolute atomic E-state index is 0.728. The Morgan fingerprint density at radius 1 is 1.00 bits per heavy atom. The second-order valence-corrected chi connectivity index (χ2v) is 10.6. The first-order chi connectivity index (χ1) is 17.1. The third-order valence-corrected chi connectivity index (χ3v) is 7.48. The van der Waals surface area contributed by atoms with Gasteiger partial charge in [0.05, 0.1) is 25.0 Å². The van der Waals surface area contributed by atoms with E-state index in [1.807, 2.05) is 0 Å². The molecule has 1 aliphatic carbocycles. The lowest BCUT2D eigenvalue weighted by Crippen LogP contribution is -2.33. The van der Waals surface area contributed by atoms with Gasteiger partial charge in [-0.2, -0.15) is 0 Å². The van der Waals surface area contributed by atoms with Crippen LogP contribution in [0.2, 0.25) is 0 Å². The number of fused-ring (bicyclic) bond motifs is 1. The smallest absolute Gasteiger partial charge is 0.175 e. The first-order valence-corrected chi connectivity index (χ1v) is 13.1. The van der Waals surface area contributed by atoms with Crippen LogP contribution in [0.1, 0.15) is 48.9 Å². The lowest BCUT2D eigenvalue weighted by Gasteiger charge is -2.32. The zero-order valence-electron chi connectivity index (χ0n) is 21.5. The molecule has 2 aromatic carbocycles. The van der Waals surface area contributed by atoms with E-state index in [0.717, 1.165) is 84.8 Å². The number of likely N-dealkylation sites (tertiary alicyclic amines) is 1. The van der Waals surface area contributed by atoms with Crippen LogP contribution >= 0.6 is 0 Å². The van der Waals surface area contributed by atoms with Gasteiger partial charge in [-0.25, -0.2) is 0 Å². The minimum Gasteiger partial charge on any atom is -0.497 e. The summed E-state index contributed by atoms with van der Waals surface area (Å²) in [6.45, 7) is 4.93. The van der Waals surface area contributed by atoms with Crippen molar-refractivity contribution >= 4 is 11.0 Å². The number of hydrogen-bond acceptors (Lipinski definition) is 6. The fourth-order valence-corrected chi connectivity index (χ4v) is 5.13. The molecular weight excluding hydrogens is 438 g/mol. The van der Waals surface area contributed by atoms with Gasteiger partial charge in [0.25, 0.3) is 0 Å². The Bertz CT molecular complexity index is 1100. The highest BCUT2D eigenvalue weighted by atomic mass is 16.5. The summed E-state index contributed by atoms with van der Waals surface area (Å²) in [6, 6.07) is 12.7. The average molecular weight is 478 g/mol. The molecule has 0 atom stereocenters. The third kappa shape index (κ3) is 6.17. The molecule has 6 nitrogen and oxygen atoms in total. The Kier molecular flexibility index (Phi) is 7.59. The fourth-order valence-electron chi connectivity index (χ4n) is 5.13. The van der Waals surface area contributed by atoms with Crippen molar-refractivity contribution in [2.24, 2.45) is 11.8 Å². The number of piperidine rings is 1. The largest absolute Gasteiger partial charge is 0.497 e. The van der Waals surface area contributed by atoms with Gasteiger partial charge in [-0.15, -0.1) is 0 Å². The van der Waals surface area contributed by atoms with Crippen molar-refractivity contribution in [1.82, 2.24) is 15.0 Å². The second-order valence-electron chi connectivity index (χ2n) is 10.6. The van der Waals surface area contributed by atoms with E-state index >= 15 is 0 Å². The molecule has 2 heterocycles. The summed E-state index contributed by atoms with van der Waals surface area (Å²) in [6.07, 6.45) is 7.21.